The van der Waals surface area contributed by atoms with Gasteiger partial charge in [0.25, 0.3) is 0 Å². The highest BCUT2D eigenvalue weighted by Gasteiger charge is 2.34. The van der Waals surface area contributed by atoms with Crippen LogP contribution in [0.4, 0.5) is 0 Å². The predicted octanol–water partition coefficient (Wildman–Crippen LogP) is 2.58. The van der Waals surface area contributed by atoms with Crippen LogP contribution in [0.2, 0.25) is 0 Å². The van der Waals surface area contributed by atoms with Gasteiger partial charge in [-0.05, 0) is 35.1 Å². The number of hydrogen-bond acceptors (Lipinski definition) is 2. The summed E-state index contributed by atoms with van der Waals surface area (Å²) in [4.78, 5) is 14.4. The SMILES string of the molecule is CN(C(=O)Cc1cccc2ccccc12)C(CN)C1CC1. The van der Waals surface area contributed by atoms with E-state index in [-0.39, 0.29) is 11.9 Å². The highest BCUT2D eigenvalue weighted by molar-refractivity contribution is 5.90. The molecule has 0 aliphatic heterocycles. The largest absolute Gasteiger partial charge is 0.341 e. The third-order valence-electron chi connectivity index (χ3n) is 4.52. The van der Waals surface area contributed by atoms with Gasteiger partial charge < -0.3 is 10.6 Å². The molecular formula is C18H22N2O. The monoisotopic (exact) mass is 282 g/mol. The summed E-state index contributed by atoms with van der Waals surface area (Å²) in [6.07, 6.45) is 2.85. The Morgan fingerprint density at radius 2 is 1.95 bits per heavy atom. The lowest BCUT2D eigenvalue weighted by molar-refractivity contribution is -0.131. The molecule has 2 aromatic rings. The van der Waals surface area contributed by atoms with Crippen molar-refractivity contribution in [2.75, 3.05) is 13.6 Å². The van der Waals surface area contributed by atoms with E-state index in [4.69, 9.17) is 5.73 Å². The molecule has 0 spiro atoms. The molecule has 0 radical (unpaired) electrons. The number of rotatable bonds is 5. The molecule has 1 saturated carbocycles. The van der Waals surface area contributed by atoms with E-state index in [9.17, 15) is 4.79 Å². The van der Waals surface area contributed by atoms with Crippen LogP contribution in [-0.4, -0.2) is 30.4 Å². The van der Waals surface area contributed by atoms with Crippen LogP contribution in [0.25, 0.3) is 10.8 Å². The van der Waals surface area contributed by atoms with Crippen molar-refractivity contribution in [3.63, 3.8) is 0 Å². The third kappa shape index (κ3) is 2.93. The summed E-state index contributed by atoms with van der Waals surface area (Å²) in [6.45, 7) is 0.558. The Morgan fingerprint density at radius 3 is 2.67 bits per heavy atom. The van der Waals surface area contributed by atoms with E-state index in [1.165, 1.54) is 18.2 Å². The van der Waals surface area contributed by atoms with Gasteiger partial charge in [-0.1, -0.05) is 42.5 Å². The fourth-order valence-electron chi connectivity index (χ4n) is 3.07. The van der Waals surface area contributed by atoms with Crippen LogP contribution in [0.15, 0.2) is 42.5 Å². The molecule has 110 valence electrons. The molecular weight excluding hydrogens is 260 g/mol. The Hall–Kier alpha value is -1.87. The van der Waals surface area contributed by atoms with Crippen LogP contribution >= 0.6 is 0 Å². The van der Waals surface area contributed by atoms with E-state index in [2.05, 4.69) is 18.2 Å². The molecule has 0 bridgehead atoms. The average molecular weight is 282 g/mol. The van der Waals surface area contributed by atoms with E-state index in [1.54, 1.807) is 0 Å². The molecule has 1 amide bonds. The molecule has 0 heterocycles. The van der Waals surface area contributed by atoms with Gasteiger partial charge >= 0.3 is 0 Å². The maximum Gasteiger partial charge on any atom is 0.227 e. The van der Waals surface area contributed by atoms with Crippen molar-refractivity contribution < 1.29 is 4.79 Å². The highest BCUT2D eigenvalue weighted by Crippen LogP contribution is 2.34. The topological polar surface area (TPSA) is 46.3 Å². The summed E-state index contributed by atoms with van der Waals surface area (Å²) in [5.74, 6) is 0.769. The zero-order chi connectivity index (χ0) is 14.8. The number of hydrogen-bond donors (Lipinski definition) is 1. The molecule has 2 aromatic carbocycles. The number of fused-ring (bicyclic) bond motifs is 1. The molecule has 1 fully saturated rings. The maximum absolute atomic E-state index is 12.6. The van der Waals surface area contributed by atoms with Gasteiger partial charge in [0.05, 0.1) is 6.42 Å². The van der Waals surface area contributed by atoms with Crippen molar-refractivity contribution in [3.05, 3.63) is 48.0 Å². The summed E-state index contributed by atoms with van der Waals surface area (Å²) >= 11 is 0. The summed E-state index contributed by atoms with van der Waals surface area (Å²) in [5.41, 5.74) is 6.94. The molecule has 0 saturated heterocycles. The van der Waals surface area contributed by atoms with Gasteiger partial charge in [-0.25, -0.2) is 0 Å². The van der Waals surface area contributed by atoms with E-state index in [0.29, 0.717) is 18.9 Å². The fraction of sp³-hybridized carbons (Fsp3) is 0.389. The number of amides is 1. The molecule has 1 atom stereocenters. The Morgan fingerprint density at radius 1 is 1.24 bits per heavy atom. The van der Waals surface area contributed by atoms with Gasteiger partial charge in [-0.3, -0.25) is 4.79 Å². The van der Waals surface area contributed by atoms with Gasteiger partial charge in [0.2, 0.25) is 5.91 Å². The zero-order valence-corrected chi connectivity index (χ0v) is 12.5. The van der Waals surface area contributed by atoms with Gasteiger partial charge in [-0.15, -0.1) is 0 Å². The Kier molecular flexibility index (Phi) is 3.93. The zero-order valence-electron chi connectivity index (χ0n) is 12.5. The van der Waals surface area contributed by atoms with Crippen molar-refractivity contribution >= 4 is 16.7 Å². The van der Waals surface area contributed by atoms with Gasteiger partial charge in [0.15, 0.2) is 0 Å². The molecule has 1 aliphatic carbocycles. The number of nitrogens with two attached hydrogens (primary N) is 1. The standard InChI is InChI=1S/C18H22N2O/c1-20(17(12-19)14-9-10-14)18(21)11-15-7-4-6-13-5-2-3-8-16(13)15/h2-8,14,17H,9-12,19H2,1H3. The molecule has 3 nitrogen and oxygen atoms in total. The summed E-state index contributed by atoms with van der Waals surface area (Å²) in [7, 11) is 1.89. The van der Waals surface area contributed by atoms with Crippen LogP contribution in [-0.2, 0) is 11.2 Å². The van der Waals surface area contributed by atoms with Gasteiger partial charge in [0, 0.05) is 19.6 Å². The molecule has 1 unspecified atom stereocenters. The molecule has 21 heavy (non-hydrogen) atoms. The number of carbonyl (C=O) groups is 1. The first-order valence-corrected chi connectivity index (χ1v) is 7.63. The minimum Gasteiger partial charge on any atom is -0.341 e. The molecule has 3 rings (SSSR count). The smallest absolute Gasteiger partial charge is 0.227 e. The predicted molar refractivity (Wildman–Crippen MR) is 86.0 cm³/mol. The molecule has 0 aromatic heterocycles. The quantitative estimate of drug-likeness (QED) is 0.916. The third-order valence-corrected chi connectivity index (χ3v) is 4.52. The Bertz CT molecular complexity index is 643. The van der Waals surface area contributed by atoms with E-state index in [0.717, 1.165) is 10.9 Å². The number of carbonyl (C=O) groups excluding carboxylic acids is 1. The fourth-order valence-corrected chi connectivity index (χ4v) is 3.07. The van der Waals surface area contributed by atoms with Crippen molar-refractivity contribution in [3.8, 4) is 0 Å². The lowest BCUT2D eigenvalue weighted by Gasteiger charge is -2.27. The van der Waals surface area contributed by atoms with Crippen molar-refractivity contribution in [2.24, 2.45) is 11.7 Å². The minimum absolute atomic E-state index is 0.161. The van der Waals surface area contributed by atoms with Gasteiger partial charge in [-0.2, -0.15) is 0 Å². The Labute approximate surface area is 125 Å². The lowest BCUT2D eigenvalue weighted by atomic mass is 10.0. The second-order valence-corrected chi connectivity index (χ2v) is 5.96. The molecule has 2 N–H and O–H groups in total. The Balaban J connectivity index is 1.79. The number of benzene rings is 2. The normalized spacial score (nSPS) is 15.9. The van der Waals surface area contributed by atoms with Crippen LogP contribution in [0.3, 0.4) is 0 Å². The van der Waals surface area contributed by atoms with Crippen LogP contribution < -0.4 is 5.73 Å². The van der Waals surface area contributed by atoms with Crippen LogP contribution in [0, 0.1) is 5.92 Å². The summed E-state index contributed by atoms with van der Waals surface area (Å²) in [5, 5.41) is 2.35. The molecule has 3 heteroatoms. The van der Waals surface area contributed by atoms with Crippen molar-refractivity contribution in [1.29, 1.82) is 0 Å². The number of nitrogens with zero attached hydrogens (tertiary/aromatic N) is 1. The first kappa shape index (κ1) is 14.1. The second-order valence-electron chi connectivity index (χ2n) is 5.96. The first-order valence-electron chi connectivity index (χ1n) is 7.63. The van der Waals surface area contributed by atoms with Crippen molar-refractivity contribution in [2.45, 2.75) is 25.3 Å². The van der Waals surface area contributed by atoms with Crippen LogP contribution in [0.5, 0.6) is 0 Å². The highest BCUT2D eigenvalue weighted by atomic mass is 16.2. The second kappa shape index (κ2) is 5.86. The average Bonchev–Trinajstić information content (AvgIpc) is 3.33. The number of likely N-dealkylation sites (N-methyl/N-ethyl adjacent to an activating group) is 1. The summed E-state index contributed by atoms with van der Waals surface area (Å²) in [6, 6.07) is 14.6. The minimum atomic E-state index is 0.161. The van der Waals surface area contributed by atoms with E-state index < -0.39 is 0 Å². The molecule has 1 aliphatic rings. The lowest BCUT2D eigenvalue weighted by Crippen LogP contribution is -2.44. The van der Waals surface area contributed by atoms with Crippen molar-refractivity contribution in [1.82, 2.24) is 4.90 Å². The van der Waals surface area contributed by atoms with Gasteiger partial charge in [0.1, 0.15) is 0 Å². The van der Waals surface area contributed by atoms with E-state index in [1.807, 2.05) is 36.2 Å². The van der Waals surface area contributed by atoms with Crippen LogP contribution in [0.1, 0.15) is 18.4 Å². The van der Waals surface area contributed by atoms with E-state index >= 15 is 0 Å². The first-order chi connectivity index (χ1) is 10.2. The summed E-state index contributed by atoms with van der Waals surface area (Å²) < 4.78 is 0. The maximum atomic E-state index is 12.6.